The largest absolute Gasteiger partial charge is 0.494 e. The van der Waals surface area contributed by atoms with Crippen LogP contribution in [0.2, 0.25) is 0 Å². The fourth-order valence-corrected chi connectivity index (χ4v) is 3.36. The molecule has 0 aliphatic carbocycles. The maximum atomic E-state index is 9.09. The van der Waals surface area contributed by atoms with Gasteiger partial charge in [-0.05, 0) is 73.4 Å². The lowest BCUT2D eigenvalue weighted by atomic mass is 9.89. The van der Waals surface area contributed by atoms with Crippen molar-refractivity contribution in [1.29, 1.82) is 0 Å². The molecule has 0 amide bonds. The monoisotopic (exact) mass is 354 g/mol. The summed E-state index contributed by atoms with van der Waals surface area (Å²) < 4.78 is 5.86. The van der Waals surface area contributed by atoms with Gasteiger partial charge in [-0.2, -0.15) is 0 Å². The third-order valence-corrected chi connectivity index (χ3v) is 5.19. The summed E-state index contributed by atoms with van der Waals surface area (Å²) in [5.41, 5.74) is 5.16. The first-order valence-electron chi connectivity index (χ1n) is 10.0. The summed E-state index contributed by atoms with van der Waals surface area (Å²) in [5, 5.41) is 9.09. The summed E-state index contributed by atoms with van der Waals surface area (Å²) in [6.45, 7) is 7.49. The van der Waals surface area contributed by atoms with E-state index in [1.165, 1.54) is 48.8 Å². The maximum absolute atomic E-state index is 9.09. The molecule has 0 radical (unpaired) electrons. The van der Waals surface area contributed by atoms with Crippen LogP contribution in [0.4, 0.5) is 0 Å². The molecule has 0 spiro atoms. The minimum Gasteiger partial charge on any atom is -0.494 e. The Kier molecular flexibility index (Phi) is 8.70. The van der Waals surface area contributed by atoms with Crippen molar-refractivity contribution in [1.82, 2.24) is 0 Å². The van der Waals surface area contributed by atoms with Gasteiger partial charge in [0.2, 0.25) is 0 Å². The van der Waals surface area contributed by atoms with Gasteiger partial charge < -0.3 is 9.84 Å². The molecule has 142 valence electrons. The molecule has 0 unspecified atom stereocenters. The Morgan fingerprint density at radius 3 is 2.23 bits per heavy atom. The summed E-state index contributed by atoms with van der Waals surface area (Å²) in [6.07, 6.45) is 7.33. The van der Waals surface area contributed by atoms with E-state index < -0.39 is 0 Å². The number of hydrogen-bond donors (Lipinski definition) is 1. The number of aliphatic hydroxyl groups is 1. The van der Waals surface area contributed by atoms with Crippen LogP contribution in [-0.2, 0) is 13.0 Å². The Morgan fingerprint density at radius 1 is 0.885 bits per heavy atom. The molecule has 2 aromatic carbocycles. The van der Waals surface area contributed by atoms with Gasteiger partial charge in [-0.1, -0.05) is 56.5 Å². The van der Waals surface area contributed by atoms with E-state index >= 15 is 0 Å². The summed E-state index contributed by atoms with van der Waals surface area (Å²) in [5.74, 6) is 1.62. The van der Waals surface area contributed by atoms with Gasteiger partial charge in [0.25, 0.3) is 0 Å². The molecule has 1 atom stereocenters. The lowest BCUT2D eigenvalue weighted by molar-refractivity contribution is 0.279. The van der Waals surface area contributed by atoms with E-state index in [9.17, 15) is 0 Å². The van der Waals surface area contributed by atoms with Crippen LogP contribution in [0.25, 0.3) is 0 Å². The molecule has 2 heteroatoms. The highest BCUT2D eigenvalue weighted by Gasteiger charge is 2.10. The van der Waals surface area contributed by atoms with Crippen LogP contribution in [0.15, 0.2) is 42.5 Å². The molecular formula is C24H34O2. The van der Waals surface area contributed by atoms with Crippen molar-refractivity contribution in [3.63, 3.8) is 0 Å². The van der Waals surface area contributed by atoms with Crippen LogP contribution >= 0.6 is 0 Å². The molecule has 2 aromatic rings. The Morgan fingerprint density at radius 2 is 1.58 bits per heavy atom. The van der Waals surface area contributed by atoms with Crippen molar-refractivity contribution < 1.29 is 9.84 Å². The van der Waals surface area contributed by atoms with Crippen LogP contribution in [0.1, 0.15) is 61.3 Å². The van der Waals surface area contributed by atoms with Gasteiger partial charge in [0.05, 0.1) is 13.2 Å². The number of ether oxygens (including phenoxy) is 1. The second kappa shape index (κ2) is 11.0. The maximum Gasteiger partial charge on any atom is 0.119 e. The Bertz CT molecular complexity index is 646. The van der Waals surface area contributed by atoms with Gasteiger partial charge >= 0.3 is 0 Å². The lowest BCUT2D eigenvalue weighted by Gasteiger charge is -2.18. The fourth-order valence-electron chi connectivity index (χ4n) is 3.36. The van der Waals surface area contributed by atoms with E-state index in [4.69, 9.17) is 9.84 Å². The Balaban J connectivity index is 1.81. The van der Waals surface area contributed by atoms with Crippen molar-refractivity contribution >= 4 is 0 Å². The number of unbranched alkanes of at least 4 members (excludes halogenated alkanes) is 1. The van der Waals surface area contributed by atoms with Crippen molar-refractivity contribution in [2.45, 2.75) is 65.9 Å². The molecule has 0 heterocycles. The quantitative estimate of drug-likeness (QED) is 0.501. The summed E-state index contributed by atoms with van der Waals surface area (Å²) >= 11 is 0. The van der Waals surface area contributed by atoms with Crippen molar-refractivity contribution in [2.75, 3.05) is 6.61 Å². The van der Waals surface area contributed by atoms with Gasteiger partial charge in [0.1, 0.15) is 5.75 Å². The number of hydrogen-bond acceptors (Lipinski definition) is 2. The zero-order valence-corrected chi connectivity index (χ0v) is 16.6. The predicted octanol–water partition coefficient (Wildman–Crippen LogP) is 6.00. The summed E-state index contributed by atoms with van der Waals surface area (Å²) in [4.78, 5) is 0. The van der Waals surface area contributed by atoms with Gasteiger partial charge in [-0.3, -0.25) is 0 Å². The van der Waals surface area contributed by atoms with Gasteiger partial charge in [0, 0.05) is 0 Å². The highest BCUT2D eigenvalue weighted by Crippen LogP contribution is 2.22. The third-order valence-electron chi connectivity index (χ3n) is 5.19. The zero-order chi connectivity index (χ0) is 18.8. The normalized spacial score (nSPS) is 12.2. The lowest BCUT2D eigenvalue weighted by Crippen LogP contribution is -2.08. The van der Waals surface area contributed by atoms with Crippen LogP contribution in [-0.4, -0.2) is 11.7 Å². The van der Waals surface area contributed by atoms with E-state index in [1.54, 1.807) is 0 Å². The summed E-state index contributed by atoms with van der Waals surface area (Å²) in [6, 6.07) is 14.6. The standard InChI is InChI=1S/C24H34O2/c1-4-5-7-21(17-23-10-9-19(2)20(3)16-23)8-6-15-26-24-13-11-22(18-25)12-14-24/h9-14,16,21,25H,4-8,15,17-18H2,1-3H3/t21-/m0/s1. The van der Waals surface area contributed by atoms with Crippen LogP contribution < -0.4 is 4.74 Å². The Hall–Kier alpha value is -1.80. The van der Waals surface area contributed by atoms with Crippen LogP contribution in [0.3, 0.4) is 0 Å². The highest BCUT2D eigenvalue weighted by molar-refractivity contribution is 5.30. The Labute approximate surface area is 159 Å². The van der Waals surface area contributed by atoms with Gasteiger partial charge in [-0.25, -0.2) is 0 Å². The van der Waals surface area contributed by atoms with Gasteiger partial charge in [-0.15, -0.1) is 0 Å². The SMILES string of the molecule is CCCC[C@@H](CCCOc1ccc(CO)cc1)Cc1ccc(C)c(C)c1. The molecule has 0 saturated carbocycles. The van der Waals surface area contributed by atoms with Crippen LogP contribution in [0, 0.1) is 19.8 Å². The minimum atomic E-state index is 0.0812. The fraction of sp³-hybridized carbons (Fsp3) is 0.500. The second-order valence-electron chi connectivity index (χ2n) is 7.42. The van der Waals surface area contributed by atoms with E-state index in [0.29, 0.717) is 0 Å². The molecule has 2 nitrogen and oxygen atoms in total. The van der Waals surface area contributed by atoms with Crippen molar-refractivity contribution in [2.24, 2.45) is 5.92 Å². The second-order valence-corrected chi connectivity index (χ2v) is 7.42. The van der Waals surface area contributed by atoms with E-state index in [2.05, 4.69) is 39.0 Å². The topological polar surface area (TPSA) is 29.5 Å². The average Bonchev–Trinajstić information content (AvgIpc) is 2.66. The molecule has 0 fully saturated rings. The van der Waals surface area contributed by atoms with E-state index in [-0.39, 0.29) is 6.61 Å². The third kappa shape index (κ3) is 6.84. The first kappa shape index (κ1) is 20.5. The van der Waals surface area contributed by atoms with Crippen molar-refractivity contribution in [3.05, 3.63) is 64.7 Å². The van der Waals surface area contributed by atoms with Gasteiger partial charge in [0.15, 0.2) is 0 Å². The average molecular weight is 355 g/mol. The molecular weight excluding hydrogens is 320 g/mol. The predicted molar refractivity (Wildman–Crippen MR) is 110 cm³/mol. The molecule has 0 saturated heterocycles. The molecule has 0 aliphatic rings. The van der Waals surface area contributed by atoms with Crippen LogP contribution in [0.5, 0.6) is 5.75 Å². The number of benzene rings is 2. The molecule has 2 rings (SSSR count). The zero-order valence-electron chi connectivity index (χ0n) is 16.6. The highest BCUT2D eigenvalue weighted by atomic mass is 16.5. The number of aliphatic hydroxyl groups excluding tert-OH is 1. The molecule has 0 aromatic heterocycles. The molecule has 0 aliphatic heterocycles. The van der Waals surface area contributed by atoms with Crippen molar-refractivity contribution in [3.8, 4) is 5.75 Å². The molecule has 26 heavy (non-hydrogen) atoms. The molecule has 0 bridgehead atoms. The number of rotatable bonds is 11. The minimum absolute atomic E-state index is 0.0812. The molecule has 1 N–H and O–H groups in total. The first-order chi connectivity index (χ1) is 12.6. The van der Waals surface area contributed by atoms with E-state index in [0.717, 1.165) is 30.3 Å². The van der Waals surface area contributed by atoms with E-state index in [1.807, 2.05) is 24.3 Å². The number of aryl methyl sites for hydroxylation is 2. The summed E-state index contributed by atoms with van der Waals surface area (Å²) in [7, 11) is 0. The first-order valence-corrected chi connectivity index (χ1v) is 10.0. The smallest absolute Gasteiger partial charge is 0.119 e.